The number of aliphatic carboxylic acids is 1. The van der Waals surface area contributed by atoms with Crippen LogP contribution in [0.25, 0.3) is 0 Å². The topological polar surface area (TPSA) is 75.6 Å². The van der Waals surface area contributed by atoms with Crippen molar-refractivity contribution in [2.24, 2.45) is 5.92 Å². The summed E-state index contributed by atoms with van der Waals surface area (Å²) in [7, 11) is 0. The van der Waals surface area contributed by atoms with Gasteiger partial charge in [-0.05, 0) is 12.8 Å². The van der Waals surface area contributed by atoms with Crippen LogP contribution in [0, 0.1) is 5.92 Å². The van der Waals surface area contributed by atoms with Crippen LogP contribution in [0.3, 0.4) is 0 Å². The lowest BCUT2D eigenvalue weighted by atomic mass is 10.1. The molecule has 2 N–H and O–H groups in total. The normalized spacial score (nSPS) is 22.3. The minimum Gasteiger partial charge on any atom is -0.480 e. The molecule has 1 aliphatic rings. The molecule has 0 saturated carbocycles. The van der Waals surface area contributed by atoms with Crippen LogP contribution >= 0.6 is 0 Å². The second kappa shape index (κ2) is 5.70. The van der Waals surface area contributed by atoms with Crippen molar-refractivity contribution in [2.45, 2.75) is 32.2 Å². The predicted molar refractivity (Wildman–Crippen MR) is 53.4 cm³/mol. The number of carbonyl (C=O) groups is 2. The molecule has 0 spiro atoms. The van der Waals surface area contributed by atoms with Gasteiger partial charge in [0.05, 0.1) is 12.5 Å². The number of nitrogens with one attached hydrogen (secondary N) is 1. The summed E-state index contributed by atoms with van der Waals surface area (Å²) in [6.45, 7) is 2.88. The van der Waals surface area contributed by atoms with E-state index >= 15 is 0 Å². The second-order valence-corrected chi connectivity index (χ2v) is 3.75. The van der Waals surface area contributed by atoms with Crippen LogP contribution in [0.5, 0.6) is 0 Å². The molecule has 2 unspecified atom stereocenters. The fourth-order valence-corrected chi connectivity index (χ4v) is 1.58. The molecule has 1 rings (SSSR count). The molecule has 1 fully saturated rings. The zero-order valence-corrected chi connectivity index (χ0v) is 8.86. The lowest BCUT2D eigenvalue weighted by Gasteiger charge is -2.15. The Labute approximate surface area is 88.8 Å². The minimum absolute atomic E-state index is 0.177. The van der Waals surface area contributed by atoms with Crippen LogP contribution in [-0.4, -0.2) is 36.2 Å². The van der Waals surface area contributed by atoms with Gasteiger partial charge in [-0.1, -0.05) is 13.3 Å². The average molecular weight is 215 g/mol. The van der Waals surface area contributed by atoms with Crippen LogP contribution in [0.2, 0.25) is 0 Å². The molecule has 1 heterocycles. The first-order valence-electron chi connectivity index (χ1n) is 5.26. The first-order chi connectivity index (χ1) is 7.15. The fourth-order valence-electron chi connectivity index (χ4n) is 1.58. The average Bonchev–Trinajstić information content (AvgIpc) is 2.69. The number of hydrogen-bond acceptors (Lipinski definition) is 3. The fraction of sp³-hybridized carbons (Fsp3) is 0.800. The van der Waals surface area contributed by atoms with Crippen molar-refractivity contribution in [3.05, 3.63) is 0 Å². The van der Waals surface area contributed by atoms with Gasteiger partial charge in [0, 0.05) is 6.61 Å². The van der Waals surface area contributed by atoms with Gasteiger partial charge in [0.1, 0.15) is 6.04 Å². The maximum absolute atomic E-state index is 11.6. The lowest BCUT2D eigenvalue weighted by Crippen LogP contribution is -2.43. The smallest absolute Gasteiger partial charge is 0.326 e. The molecule has 5 heteroatoms. The predicted octanol–water partition coefficient (Wildman–Crippen LogP) is 0.392. The summed E-state index contributed by atoms with van der Waals surface area (Å²) in [5.41, 5.74) is 0. The summed E-state index contributed by atoms with van der Waals surface area (Å²) in [5, 5.41) is 11.4. The van der Waals surface area contributed by atoms with Gasteiger partial charge in [-0.15, -0.1) is 0 Å². The Hall–Kier alpha value is -1.10. The van der Waals surface area contributed by atoms with Crippen molar-refractivity contribution in [2.75, 3.05) is 13.2 Å². The van der Waals surface area contributed by atoms with Gasteiger partial charge in [-0.2, -0.15) is 0 Å². The number of carboxylic acids is 1. The molecule has 1 aliphatic heterocycles. The number of rotatable bonds is 5. The van der Waals surface area contributed by atoms with Crippen molar-refractivity contribution in [1.29, 1.82) is 0 Å². The first-order valence-corrected chi connectivity index (χ1v) is 5.26. The van der Waals surface area contributed by atoms with Crippen LogP contribution in [0.1, 0.15) is 26.2 Å². The van der Waals surface area contributed by atoms with Gasteiger partial charge in [0.25, 0.3) is 0 Å². The Morgan fingerprint density at radius 2 is 2.33 bits per heavy atom. The Kier molecular flexibility index (Phi) is 4.55. The molecule has 0 aromatic heterocycles. The third kappa shape index (κ3) is 3.51. The summed E-state index contributed by atoms with van der Waals surface area (Å²) >= 11 is 0. The third-order valence-corrected chi connectivity index (χ3v) is 2.49. The quantitative estimate of drug-likeness (QED) is 0.695. The van der Waals surface area contributed by atoms with E-state index in [0.29, 0.717) is 26.1 Å². The number of hydrogen-bond donors (Lipinski definition) is 2. The molecule has 5 nitrogen and oxygen atoms in total. The molecule has 0 bridgehead atoms. The van der Waals surface area contributed by atoms with Crippen molar-refractivity contribution in [3.63, 3.8) is 0 Å². The monoisotopic (exact) mass is 215 g/mol. The highest BCUT2D eigenvalue weighted by atomic mass is 16.5. The summed E-state index contributed by atoms with van der Waals surface area (Å²) in [5.74, 6) is -1.35. The largest absolute Gasteiger partial charge is 0.480 e. The van der Waals surface area contributed by atoms with Crippen LogP contribution < -0.4 is 5.32 Å². The Bertz CT molecular complexity index is 236. The van der Waals surface area contributed by atoms with Crippen LogP contribution in [0.15, 0.2) is 0 Å². The third-order valence-electron chi connectivity index (χ3n) is 2.49. The molecule has 1 amide bonds. The van der Waals surface area contributed by atoms with Crippen molar-refractivity contribution < 1.29 is 19.4 Å². The molecular formula is C10H17NO4. The van der Waals surface area contributed by atoms with Crippen molar-refractivity contribution >= 4 is 11.9 Å². The minimum atomic E-state index is -0.968. The van der Waals surface area contributed by atoms with E-state index in [2.05, 4.69) is 5.32 Å². The summed E-state index contributed by atoms with van der Waals surface area (Å²) in [6, 6.07) is -0.761. The highest BCUT2D eigenvalue weighted by Gasteiger charge is 2.27. The molecule has 86 valence electrons. The van der Waals surface area contributed by atoms with Crippen LogP contribution in [0.4, 0.5) is 0 Å². The summed E-state index contributed by atoms with van der Waals surface area (Å²) in [6.07, 6.45) is 1.89. The molecule has 0 radical (unpaired) electrons. The lowest BCUT2D eigenvalue weighted by molar-refractivity contribution is -0.142. The number of amides is 1. The zero-order chi connectivity index (χ0) is 11.3. The molecule has 0 aromatic carbocycles. The Balaban J connectivity index is 2.42. The number of carbonyl (C=O) groups excluding carboxylic acids is 1. The first kappa shape index (κ1) is 12.0. The number of ether oxygens (including phenoxy) is 1. The number of carboxylic acid groups (broad SMARTS) is 1. The Morgan fingerprint density at radius 1 is 1.60 bits per heavy atom. The molecule has 0 aromatic rings. The maximum atomic E-state index is 11.6. The van der Waals surface area contributed by atoms with Gasteiger partial charge >= 0.3 is 5.97 Å². The standard InChI is InChI=1S/C10H17NO4/c1-2-3-8(10(13)14)11-9(12)7-4-5-15-6-7/h7-8H,2-6H2,1H3,(H,11,12)(H,13,14). The zero-order valence-electron chi connectivity index (χ0n) is 8.86. The van der Waals surface area contributed by atoms with E-state index in [4.69, 9.17) is 9.84 Å². The maximum Gasteiger partial charge on any atom is 0.326 e. The van der Waals surface area contributed by atoms with E-state index in [1.165, 1.54) is 0 Å². The molecule has 15 heavy (non-hydrogen) atoms. The summed E-state index contributed by atoms with van der Waals surface area (Å²) in [4.78, 5) is 22.4. The second-order valence-electron chi connectivity index (χ2n) is 3.75. The SMILES string of the molecule is CCCC(NC(=O)C1CCOC1)C(=O)O. The van der Waals surface area contributed by atoms with E-state index in [-0.39, 0.29) is 11.8 Å². The van der Waals surface area contributed by atoms with Gasteiger partial charge in [-0.25, -0.2) is 4.79 Å². The van der Waals surface area contributed by atoms with Crippen LogP contribution in [-0.2, 0) is 14.3 Å². The molecule has 2 atom stereocenters. The highest BCUT2D eigenvalue weighted by Crippen LogP contribution is 2.12. The highest BCUT2D eigenvalue weighted by molar-refractivity contribution is 5.85. The summed E-state index contributed by atoms with van der Waals surface area (Å²) < 4.78 is 5.07. The van der Waals surface area contributed by atoms with Gasteiger partial charge in [0.15, 0.2) is 0 Å². The van der Waals surface area contributed by atoms with Gasteiger partial charge < -0.3 is 15.2 Å². The van der Waals surface area contributed by atoms with Gasteiger partial charge in [0.2, 0.25) is 5.91 Å². The molecule has 1 saturated heterocycles. The van der Waals surface area contributed by atoms with E-state index < -0.39 is 12.0 Å². The Morgan fingerprint density at radius 3 is 2.80 bits per heavy atom. The van der Waals surface area contributed by atoms with Crippen molar-refractivity contribution in [3.8, 4) is 0 Å². The van der Waals surface area contributed by atoms with E-state index in [0.717, 1.165) is 6.42 Å². The van der Waals surface area contributed by atoms with Gasteiger partial charge in [-0.3, -0.25) is 4.79 Å². The molecular weight excluding hydrogens is 198 g/mol. The van der Waals surface area contributed by atoms with E-state index in [1.54, 1.807) is 0 Å². The van der Waals surface area contributed by atoms with E-state index in [9.17, 15) is 9.59 Å². The van der Waals surface area contributed by atoms with Crippen molar-refractivity contribution in [1.82, 2.24) is 5.32 Å². The molecule has 0 aliphatic carbocycles. The van der Waals surface area contributed by atoms with E-state index in [1.807, 2.05) is 6.92 Å².